The molecule has 0 saturated heterocycles. The smallest absolute Gasteiger partial charge is 0.338 e. The van der Waals surface area contributed by atoms with E-state index in [4.69, 9.17) is 31.2 Å². The summed E-state index contributed by atoms with van der Waals surface area (Å²) in [4.78, 5) is 12.9. The summed E-state index contributed by atoms with van der Waals surface area (Å²) in [5.41, 5.74) is 1.18. The molecule has 1 aromatic rings. The monoisotopic (exact) mass is 394 g/mol. The van der Waals surface area contributed by atoms with E-state index in [9.17, 15) is 4.79 Å². The van der Waals surface area contributed by atoms with Crippen molar-refractivity contribution in [1.82, 2.24) is 10.6 Å². The van der Waals surface area contributed by atoms with Gasteiger partial charge in [-0.15, -0.1) is 0 Å². The normalized spacial score (nSPS) is 17.0. The number of rotatable bonds is 5. The Morgan fingerprint density at radius 3 is 2.07 bits per heavy atom. The number of ether oxygens (including phenoxy) is 4. The molecule has 1 aliphatic heterocycles. The van der Waals surface area contributed by atoms with Crippen LogP contribution in [0, 0.1) is 0 Å². The van der Waals surface area contributed by atoms with Crippen LogP contribution in [0.4, 0.5) is 0 Å². The van der Waals surface area contributed by atoms with Crippen molar-refractivity contribution in [3.05, 3.63) is 29.0 Å². The third-order valence-corrected chi connectivity index (χ3v) is 4.13. The van der Waals surface area contributed by atoms with Gasteiger partial charge in [0.1, 0.15) is 5.60 Å². The quantitative estimate of drug-likeness (QED) is 0.583. The van der Waals surface area contributed by atoms with Gasteiger partial charge in [-0.05, 0) is 57.6 Å². The molecule has 148 valence electrons. The lowest BCUT2D eigenvalue weighted by Crippen LogP contribution is -2.45. The van der Waals surface area contributed by atoms with Gasteiger partial charge in [-0.1, -0.05) is 0 Å². The summed E-state index contributed by atoms with van der Waals surface area (Å²) < 4.78 is 21.8. The maximum absolute atomic E-state index is 12.9. The fraction of sp³-hybridized carbons (Fsp3) is 0.474. The second kappa shape index (κ2) is 8.04. The lowest BCUT2D eigenvalue weighted by atomic mass is 9.94. The first kappa shape index (κ1) is 20.8. The zero-order valence-corrected chi connectivity index (χ0v) is 17.5. The Morgan fingerprint density at radius 2 is 1.63 bits per heavy atom. The Hall–Kier alpha value is -2.48. The van der Waals surface area contributed by atoms with Crippen molar-refractivity contribution in [3.63, 3.8) is 0 Å². The van der Waals surface area contributed by atoms with Crippen LogP contribution in [0.15, 0.2) is 23.4 Å². The van der Waals surface area contributed by atoms with Gasteiger partial charge in [0.05, 0.1) is 32.9 Å². The van der Waals surface area contributed by atoms with Crippen LogP contribution in [-0.4, -0.2) is 38.0 Å². The van der Waals surface area contributed by atoms with E-state index in [-0.39, 0.29) is 0 Å². The summed E-state index contributed by atoms with van der Waals surface area (Å²) >= 11 is 5.28. The number of nitrogens with one attached hydrogen (secondary N) is 2. The van der Waals surface area contributed by atoms with Gasteiger partial charge in [0.15, 0.2) is 16.6 Å². The molecule has 0 aromatic heterocycles. The van der Waals surface area contributed by atoms with E-state index in [2.05, 4.69) is 10.6 Å². The number of thiocarbonyl (C=S) groups is 1. The number of benzene rings is 1. The van der Waals surface area contributed by atoms with Crippen LogP contribution < -0.4 is 24.8 Å². The highest BCUT2D eigenvalue weighted by Crippen LogP contribution is 2.41. The van der Waals surface area contributed by atoms with Crippen LogP contribution in [-0.2, 0) is 9.53 Å². The zero-order chi connectivity index (χ0) is 20.4. The molecule has 1 aliphatic rings. The molecule has 2 rings (SSSR count). The number of allylic oxidation sites excluding steroid dienone is 1. The van der Waals surface area contributed by atoms with Gasteiger partial charge in [-0.3, -0.25) is 0 Å². The maximum atomic E-state index is 12.9. The molecule has 2 N–H and O–H groups in total. The lowest BCUT2D eigenvalue weighted by molar-refractivity contribution is -0.150. The summed E-state index contributed by atoms with van der Waals surface area (Å²) in [6.45, 7) is 7.26. The third-order valence-electron chi connectivity index (χ3n) is 3.91. The summed E-state index contributed by atoms with van der Waals surface area (Å²) in [5, 5.41) is 6.53. The van der Waals surface area contributed by atoms with Crippen LogP contribution in [0.1, 0.15) is 39.3 Å². The average Bonchev–Trinajstić information content (AvgIpc) is 2.57. The minimum absolute atomic E-state index is 0.415. The molecule has 1 atom stereocenters. The highest BCUT2D eigenvalue weighted by molar-refractivity contribution is 7.80. The molecule has 1 heterocycles. The van der Waals surface area contributed by atoms with Crippen LogP contribution in [0.25, 0.3) is 0 Å². The number of hydrogen-bond acceptors (Lipinski definition) is 6. The average molecular weight is 394 g/mol. The fourth-order valence-electron chi connectivity index (χ4n) is 2.82. The van der Waals surface area contributed by atoms with Gasteiger partial charge in [0, 0.05) is 5.70 Å². The zero-order valence-electron chi connectivity index (χ0n) is 16.7. The van der Waals surface area contributed by atoms with Gasteiger partial charge in [-0.2, -0.15) is 0 Å². The fourth-order valence-corrected chi connectivity index (χ4v) is 3.09. The first-order valence-electron chi connectivity index (χ1n) is 8.42. The van der Waals surface area contributed by atoms with Gasteiger partial charge in [-0.25, -0.2) is 4.79 Å². The molecule has 1 unspecified atom stereocenters. The Bertz CT molecular complexity index is 758. The van der Waals surface area contributed by atoms with Gasteiger partial charge in [0.2, 0.25) is 5.75 Å². The standard InChI is InChI=1S/C19H26N2O5S/c1-10-14(17(22)26-19(2,3)4)15(21-18(27)20-10)11-8-12(23-5)16(25-7)13(9-11)24-6/h8-9,15H,1-7H3,(H2,20,21,27). The summed E-state index contributed by atoms with van der Waals surface area (Å²) in [7, 11) is 4.61. The highest BCUT2D eigenvalue weighted by atomic mass is 32.1. The number of carbonyl (C=O) groups excluding carboxylic acids is 1. The van der Waals surface area contributed by atoms with Gasteiger partial charge < -0.3 is 29.6 Å². The van der Waals surface area contributed by atoms with Crippen molar-refractivity contribution in [1.29, 1.82) is 0 Å². The molecule has 0 amide bonds. The number of hydrogen-bond donors (Lipinski definition) is 2. The molecule has 0 radical (unpaired) electrons. The molecule has 0 fully saturated rings. The second-order valence-electron chi connectivity index (χ2n) is 7.03. The summed E-state index contributed by atoms with van der Waals surface area (Å²) in [6, 6.07) is 3.04. The van der Waals surface area contributed by atoms with Crippen molar-refractivity contribution < 1.29 is 23.7 Å². The topological polar surface area (TPSA) is 78.1 Å². The van der Waals surface area contributed by atoms with Crippen molar-refractivity contribution in [3.8, 4) is 17.2 Å². The van der Waals surface area contributed by atoms with E-state index in [1.165, 1.54) is 21.3 Å². The van der Waals surface area contributed by atoms with E-state index < -0.39 is 17.6 Å². The first-order chi connectivity index (χ1) is 12.6. The molecule has 0 bridgehead atoms. The molecule has 7 nitrogen and oxygen atoms in total. The van der Waals surface area contributed by atoms with Crippen LogP contribution in [0.2, 0.25) is 0 Å². The molecule has 1 aromatic carbocycles. The molecule has 0 saturated carbocycles. The van der Waals surface area contributed by atoms with Crippen LogP contribution in [0.3, 0.4) is 0 Å². The number of methoxy groups -OCH3 is 3. The lowest BCUT2D eigenvalue weighted by Gasteiger charge is -2.32. The van der Waals surface area contributed by atoms with Gasteiger partial charge >= 0.3 is 5.97 Å². The largest absolute Gasteiger partial charge is 0.493 e. The Morgan fingerprint density at radius 1 is 1.07 bits per heavy atom. The number of esters is 1. The van der Waals surface area contributed by atoms with Crippen molar-refractivity contribution in [2.75, 3.05) is 21.3 Å². The predicted molar refractivity (Wildman–Crippen MR) is 106 cm³/mol. The van der Waals surface area contributed by atoms with Crippen molar-refractivity contribution in [2.24, 2.45) is 0 Å². The van der Waals surface area contributed by atoms with E-state index in [1.807, 2.05) is 20.8 Å². The summed E-state index contributed by atoms with van der Waals surface area (Å²) in [5.74, 6) is 1.01. The van der Waals surface area contributed by atoms with Crippen molar-refractivity contribution in [2.45, 2.75) is 39.3 Å². The maximum Gasteiger partial charge on any atom is 0.338 e. The Balaban J connectivity index is 2.58. The van der Waals surface area contributed by atoms with E-state index in [0.29, 0.717) is 33.6 Å². The SMILES string of the molecule is COc1cc(C2NC(=S)NC(C)=C2C(=O)OC(C)(C)C)cc(OC)c1OC. The first-order valence-corrected chi connectivity index (χ1v) is 8.83. The van der Waals surface area contributed by atoms with E-state index in [0.717, 1.165) is 5.56 Å². The van der Waals surface area contributed by atoms with Crippen molar-refractivity contribution >= 4 is 23.3 Å². The van der Waals surface area contributed by atoms with Crippen LogP contribution in [0.5, 0.6) is 17.2 Å². The molecule has 27 heavy (non-hydrogen) atoms. The highest BCUT2D eigenvalue weighted by Gasteiger charge is 2.34. The predicted octanol–water partition coefficient (Wildman–Crippen LogP) is 2.85. The van der Waals surface area contributed by atoms with Gasteiger partial charge in [0.25, 0.3) is 0 Å². The minimum Gasteiger partial charge on any atom is -0.493 e. The molecular formula is C19H26N2O5S. The second-order valence-corrected chi connectivity index (χ2v) is 7.44. The molecule has 8 heteroatoms. The third kappa shape index (κ3) is 4.63. The Kier molecular flexibility index (Phi) is 6.20. The van der Waals surface area contributed by atoms with E-state index >= 15 is 0 Å². The minimum atomic E-state index is -0.623. The van der Waals surface area contributed by atoms with Crippen LogP contribution >= 0.6 is 12.2 Å². The number of carbonyl (C=O) groups is 1. The molecular weight excluding hydrogens is 368 g/mol. The van der Waals surface area contributed by atoms with E-state index in [1.54, 1.807) is 19.1 Å². The molecule has 0 aliphatic carbocycles. The molecule has 0 spiro atoms. The summed E-state index contributed by atoms with van der Waals surface area (Å²) in [6.07, 6.45) is 0. The Labute approximate surface area is 165 Å².